The standard InChI is InChI=1S/C16H16O2/c17-15(16-6-3-9-18-16)11-12-7-8-13-4-1-2-5-14(13)10-12/h1-2,4-8,10,15,17H,3,9,11H2. The van der Waals surface area contributed by atoms with Crippen molar-refractivity contribution in [2.45, 2.75) is 18.9 Å². The van der Waals surface area contributed by atoms with Gasteiger partial charge in [-0.3, -0.25) is 0 Å². The van der Waals surface area contributed by atoms with Crippen LogP contribution < -0.4 is 0 Å². The van der Waals surface area contributed by atoms with Gasteiger partial charge >= 0.3 is 0 Å². The second-order valence-corrected chi connectivity index (χ2v) is 4.65. The Bertz CT molecular complexity index is 586. The van der Waals surface area contributed by atoms with E-state index in [-0.39, 0.29) is 0 Å². The van der Waals surface area contributed by atoms with Gasteiger partial charge in [0.05, 0.1) is 6.61 Å². The highest BCUT2D eigenvalue weighted by Gasteiger charge is 2.16. The molecule has 2 nitrogen and oxygen atoms in total. The minimum Gasteiger partial charge on any atom is -0.495 e. The fourth-order valence-corrected chi connectivity index (χ4v) is 2.36. The minimum absolute atomic E-state index is 0.520. The van der Waals surface area contributed by atoms with Crippen molar-refractivity contribution in [2.24, 2.45) is 0 Å². The lowest BCUT2D eigenvalue weighted by atomic mass is 10.0. The normalized spacial score (nSPS) is 16.4. The first kappa shape index (κ1) is 11.3. The van der Waals surface area contributed by atoms with Crippen LogP contribution in [0, 0.1) is 0 Å². The number of hydrogen-bond acceptors (Lipinski definition) is 2. The van der Waals surface area contributed by atoms with E-state index in [1.54, 1.807) is 0 Å². The molecule has 1 heterocycles. The van der Waals surface area contributed by atoms with Gasteiger partial charge in [-0.25, -0.2) is 0 Å². The van der Waals surface area contributed by atoms with Gasteiger partial charge in [0.2, 0.25) is 0 Å². The maximum atomic E-state index is 10.1. The summed E-state index contributed by atoms with van der Waals surface area (Å²) in [7, 11) is 0. The Balaban J connectivity index is 1.82. The Morgan fingerprint density at radius 2 is 1.94 bits per heavy atom. The first-order valence-corrected chi connectivity index (χ1v) is 6.31. The summed E-state index contributed by atoms with van der Waals surface area (Å²) in [6.07, 6.45) is 2.97. The average molecular weight is 240 g/mol. The number of benzene rings is 2. The van der Waals surface area contributed by atoms with Crippen molar-refractivity contribution in [3.8, 4) is 0 Å². The van der Waals surface area contributed by atoms with Gasteiger partial charge in [-0.2, -0.15) is 0 Å². The van der Waals surface area contributed by atoms with Crippen molar-refractivity contribution in [1.82, 2.24) is 0 Å². The molecule has 2 aromatic rings. The summed E-state index contributed by atoms with van der Waals surface area (Å²) >= 11 is 0. The van der Waals surface area contributed by atoms with E-state index in [1.165, 1.54) is 10.8 Å². The molecule has 92 valence electrons. The van der Waals surface area contributed by atoms with Crippen LogP contribution in [-0.2, 0) is 11.2 Å². The second-order valence-electron chi connectivity index (χ2n) is 4.65. The molecule has 0 spiro atoms. The lowest BCUT2D eigenvalue weighted by molar-refractivity contribution is 0.118. The molecule has 0 fully saturated rings. The summed E-state index contributed by atoms with van der Waals surface area (Å²) in [4.78, 5) is 0. The predicted molar refractivity (Wildman–Crippen MR) is 72.3 cm³/mol. The van der Waals surface area contributed by atoms with Crippen LogP contribution in [0.3, 0.4) is 0 Å². The maximum Gasteiger partial charge on any atom is 0.121 e. The minimum atomic E-state index is -0.520. The molecule has 2 aromatic carbocycles. The van der Waals surface area contributed by atoms with Gasteiger partial charge < -0.3 is 9.84 Å². The largest absolute Gasteiger partial charge is 0.495 e. The lowest BCUT2D eigenvalue weighted by Crippen LogP contribution is -2.14. The third-order valence-electron chi connectivity index (χ3n) is 3.30. The van der Waals surface area contributed by atoms with Crippen molar-refractivity contribution in [2.75, 3.05) is 6.61 Å². The number of ether oxygens (including phenoxy) is 1. The van der Waals surface area contributed by atoms with Crippen LogP contribution in [0.25, 0.3) is 10.8 Å². The van der Waals surface area contributed by atoms with E-state index < -0.39 is 6.10 Å². The molecule has 1 atom stereocenters. The summed E-state index contributed by atoms with van der Waals surface area (Å²) < 4.78 is 5.39. The molecule has 18 heavy (non-hydrogen) atoms. The third-order valence-corrected chi connectivity index (χ3v) is 3.30. The molecule has 0 aliphatic carbocycles. The van der Waals surface area contributed by atoms with Crippen molar-refractivity contribution in [3.63, 3.8) is 0 Å². The molecule has 0 bridgehead atoms. The smallest absolute Gasteiger partial charge is 0.121 e. The highest BCUT2D eigenvalue weighted by Crippen LogP contribution is 2.20. The zero-order valence-corrected chi connectivity index (χ0v) is 10.2. The number of hydrogen-bond donors (Lipinski definition) is 1. The van der Waals surface area contributed by atoms with Gasteiger partial charge in [0.25, 0.3) is 0 Å². The summed E-state index contributed by atoms with van der Waals surface area (Å²) in [6, 6.07) is 14.6. The highest BCUT2D eigenvalue weighted by atomic mass is 16.5. The van der Waals surface area contributed by atoms with E-state index >= 15 is 0 Å². The second kappa shape index (κ2) is 4.83. The molecule has 0 saturated heterocycles. The molecular formula is C16H16O2. The molecule has 0 amide bonds. The fraction of sp³-hybridized carbons (Fsp3) is 0.250. The predicted octanol–water partition coefficient (Wildman–Crippen LogP) is 3.05. The Morgan fingerprint density at radius 1 is 1.11 bits per heavy atom. The molecule has 1 aliphatic rings. The molecule has 1 unspecified atom stereocenters. The third kappa shape index (κ3) is 2.24. The molecule has 0 radical (unpaired) electrons. The van der Waals surface area contributed by atoms with Crippen molar-refractivity contribution < 1.29 is 9.84 Å². The number of rotatable bonds is 3. The molecular weight excluding hydrogens is 224 g/mol. The summed E-state index contributed by atoms with van der Waals surface area (Å²) in [5.41, 5.74) is 1.14. The van der Waals surface area contributed by atoms with E-state index in [4.69, 9.17) is 4.74 Å². The van der Waals surface area contributed by atoms with E-state index in [0.717, 1.165) is 17.7 Å². The van der Waals surface area contributed by atoms with Gasteiger partial charge in [0.1, 0.15) is 11.9 Å². The molecule has 2 heteroatoms. The Morgan fingerprint density at radius 3 is 2.72 bits per heavy atom. The Labute approximate surface area is 107 Å². The van der Waals surface area contributed by atoms with Crippen LogP contribution >= 0.6 is 0 Å². The van der Waals surface area contributed by atoms with Gasteiger partial charge in [-0.15, -0.1) is 0 Å². The van der Waals surface area contributed by atoms with Crippen LogP contribution in [-0.4, -0.2) is 17.8 Å². The molecule has 1 N–H and O–H groups in total. The molecule has 0 aromatic heterocycles. The van der Waals surface area contributed by atoms with Crippen LogP contribution in [0.2, 0.25) is 0 Å². The van der Waals surface area contributed by atoms with E-state index in [1.807, 2.05) is 18.2 Å². The first-order chi connectivity index (χ1) is 8.83. The monoisotopic (exact) mass is 240 g/mol. The first-order valence-electron chi connectivity index (χ1n) is 6.31. The van der Waals surface area contributed by atoms with Gasteiger partial charge in [-0.05, 0) is 22.4 Å². The highest BCUT2D eigenvalue weighted by molar-refractivity contribution is 5.83. The van der Waals surface area contributed by atoms with Crippen LogP contribution in [0.1, 0.15) is 12.0 Å². The van der Waals surface area contributed by atoms with Gasteiger partial charge in [0.15, 0.2) is 0 Å². The van der Waals surface area contributed by atoms with Crippen molar-refractivity contribution in [3.05, 3.63) is 59.9 Å². The van der Waals surface area contributed by atoms with Crippen molar-refractivity contribution >= 4 is 10.8 Å². The average Bonchev–Trinajstić information content (AvgIpc) is 2.92. The Kier molecular flexibility index (Phi) is 3.03. The quantitative estimate of drug-likeness (QED) is 0.893. The summed E-state index contributed by atoms with van der Waals surface area (Å²) in [6.45, 7) is 0.699. The fourth-order valence-electron chi connectivity index (χ4n) is 2.36. The van der Waals surface area contributed by atoms with Crippen molar-refractivity contribution in [1.29, 1.82) is 0 Å². The number of aliphatic hydroxyl groups excluding tert-OH is 1. The van der Waals surface area contributed by atoms with Gasteiger partial charge in [-0.1, -0.05) is 42.5 Å². The lowest BCUT2D eigenvalue weighted by Gasteiger charge is -2.12. The molecule has 0 saturated carbocycles. The number of fused-ring (bicyclic) bond motifs is 1. The Hall–Kier alpha value is -1.80. The van der Waals surface area contributed by atoms with E-state index in [0.29, 0.717) is 13.0 Å². The zero-order chi connectivity index (χ0) is 12.4. The zero-order valence-electron chi connectivity index (χ0n) is 10.2. The topological polar surface area (TPSA) is 29.5 Å². The van der Waals surface area contributed by atoms with Crippen LogP contribution in [0.4, 0.5) is 0 Å². The SMILES string of the molecule is OC(Cc1ccc2ccccc2c1)C1=CCCO1. The van der Waals surface area contributed by atoms with Crippen LogP contribution in [0.15, 0.2) is 54.3 Å². The summed E-state index contributed by atoms with van der Waals surface area (Å²) in [5, 5.41) is 12.5. The molecule has 1 aliphatic heterocycles. The van der Waals surface area contributed by atoms with Crippen LogP contribution in [0.5, 0.6) is 0 Å². The maximum absolute atomic E-state index is 10.1. The van der Waals surface area contributed by atoms with Gasteiger partial charge in [0, 0.05) is 12.8 Å². The number of aliphatic hydroxyl groups is 1. The van der Waals surface area contributed by atoms with E-state index in [2.05, 4.69) is 30.3 Å². The summed E-state index contributed by atoms with van der Waals surface area (Å²) in [5.74, 6) is 0.725. The van der Waals surface area contributed by atoms with E-state index in [9.17, 15) is 5.11 Å². The molecule has 3 rings (SSSR count).